The van der Waals surface area contributed by atoms with Gasteiger partial charge in [-0.3, -0.25) is 9.59 Å². The summed E-state index contributed by atoms with van der Waals surface area (Å²) in [5, 5.41) is 2.58. The zero-order valence-corrected chi connectivity index (χ0v) is 23.4. The lowest BCUT2D eigenvalue weighted by atomic mass is 9.88. The molecular weight excluding hydrogens is 520 g/mol. The zero-order valence-electron chi connectivity index (χ0n) is 22.6. The Labute approximate surface area is 235 Å². The largest absolute Gasteiger partial charge is 0.326 e. The second-order valence-electron chi connectivity index (χ2n) is 9.37. The first kappa shape index (κ1) is 28.5. The van der Waals surface area contributed by atoms with Gasteiger partial charge < -0.3 is 5.32 Å². The predicted molar refractivity (Wildman–Crippen MR) is 160 cm³/mol. The molecule has 6 nitrogen and oxygen atoms in total. The zero-order chi connectivity index (χ0) is 28.5. The van der Waals surface area contributed by atoms with Gasteiger partial charge in [0, 0.05) is 19.0 Å². The van der Waals surface area contributed by atoms with E-state index in [-0.39, 0.29) is 17.2 Å². The van der Waals surface area contributed by atoms with Crippen LogP contribution in [0.1, 0.15) is 48.9 Å². The van der Waals surface area contributed by atoms with E-state index < -0.39 is 15.9 Å². The summed E-state index contributed by atoms with van der Waals surface area (Å²) in [5.74, 6) is -0.844. The van der Waals surface area contributed by atoms with Gasteiger partial charge in [0.25, 0.3) is 10.0 Å². The number of nitrogens with one attached hydrogen (secondary N) is 2. The molecule has 0 fully saturated rings. The lowest BCUT2D eigenvalue weighted by Crippen LogP contribution is -2.30. The van der Waals surface area contributed by atoms with Gasteiger partial charge >= 0.3 is 0 Å². The minimum Gasteiger partial charge on any atom is -0.326 e. The third-order valence-electron chi connectivity index (χ3n) is 6.46. The smallest absolute Gasteiger partial charge is 0.264 e. The molecule has 2 amide bonds. The average Bonchev–Trinajstić information content (AvgIpc) is 2.96. The van der Waals surface area contributed by atoms with Gasteiger partial charge in [0.2, 0.25) is 11.8 Å². The molecule has 0 spiro atoms. The highest BCUT2D eigenvalue weighted by Gasteiger charge is 2.18. The number of hydrogen-bond donors (Lipinski definition) is 2. The fourth-order valence-electron chi connectivity index (χ4n) is 4.56. The maximum Gasteiger partial charge on any atom is 0.264 e. The standard InChI is InChI=1S/C33H32N2O4S/c1-3-31(26-10-6-4-7-11-26)33(27-12-8-5-9-13-27)28-17-14-25(15-18-28)16-23-32(37)35-40(38,39)30-21-19-29(20-22-30)34-24(2)36/h4-15,17-22H,3,16,23H2,1-2H3,(H,34,36)(H,35,37)/b33-31-. The molecule has 4 rings (SSSR count). The molecule has 0 aromatic heterocycles. The Balaban J connectivity index is 1.47. The van der Waals surface area contributed by atoms with Gasteiger partial charge in [-0.25, -0.2) is 13.1 Å². The van der Waals surface area contributed by atoms with Crippen molar-refractivity contribution >= 4 is 38.7 Å². The SMILES string of the molecule is CC/C(=C(\c1ccccc1)c1ccc(CCC(=O)NS(=O)(=O)c2ccc(NC(C)=O)cc2)cc1)c1ccccc1. The lowest BCUT2D eigenvalue weighted by Gasteiger charge is -2.16. The molecule has 0 saturated heterocycles. The van der Waals surface area contributed by atoms with E-state index in [1.165, 1.54) is 42.3 Å². The molecule has 2 N–H and O–H groups in total. The Hall–Kier alpha value is -4.49. The number of aryl methyl sites for hydroxylation is 1. The predicted octanol–water partition coefficient (Wildman–Crippen LogP) is 6.45. The topological polar surface area (TPSA) is 92.3 Å². The summed E-state index contributed by atoms with van der Waals surface area (Å²) in [6, 6.07) is 34.4. The third-order valence-corrected chi connectivity index (χ3v) is 7.85. The van der Waals surface area contributed by atoms with Gasteiger partial charge in [0.05, 0.1) is 4.90 Å². The van der Waals surface area contributed by atoms with Crippen molar-refractivity contribution in [3.8, 4) is 0 Å². The Kier molecular flexibility index (Phi) is 9.30. The molecule has 0 aliphatic heterocycles. The molecule has 0 heterocycles. The molecule has 0 radical (unpaired) electrons. The van der Waals surface area contributed by atoms with Gasteiger partial charge in [-0.2, -0.15) is 0 Å². The molecule has 0 bridgehead atoms. The van der Waals surface area contributed by atoms with Crippen molar-refractivity contribution in [1.29, 1.82) is 0 Å². The molecule has 40 heavy (non-hydrogen) atoms. The van der Waals surface area contributed by atoms with Crippen LogP contribution in [0.2, 0.25) is 0 Å². The van der Waals surface area contributed by atoms with Crippen LogP contribution in [0.5, 0.6) is 0 Å². The molecule has 7 heteroatoms. The van der Waals surface area contributed by atoms with Crippen molar-refractivity contribution in [3.63, 3.8) is 0 Å². The van der Waals surface area contributed by atoms with Crippen LogP contribution in [0.4, 0.5) is 5.69 Å². The number of carbonyl (C=O) groups is 2. The van der Waals surface area contributed by atoms with Gasteiger partial charge in [0.1, 0.15) is 0 Å². The van der Waals surface area contributed by atoms with E-state index in [9.17, 15) is 18.0 Å². The highest BCUT2D eigenvalue weighted by molar-refractivity contribution is 7.90. The molecule has 4 aromatic rings. The Morgan fingerprint density at radius 1 is 0.700 bits per heavy atom. The van der Waals surface area contributed by atoms with Crippen LogP contribution in [0.25, 0.3) is 11.1 Å². The normalized spacial score (nSPS) is 11.8. The highest BCUT2D eigenvalue weighted by Crippen LogP contribution is 2.34. The van der Waals surface area contributed by atoms with E-state index in [2.05, 4.69) is 53.4 Å². The number of amides is 2. The highest BCUT2D eigenvalue weighted by atomic mass is 32.2. The van der Waals surface area contributed by atoms with Crippen LogP contribution in [-0.4, -0.2) is 20.2 Å². The van der Waals surface area contributed by atoms with E-state index in [1.807, 2.05) is 48.5 Å². The minimum atomic E-state index is -4.01. The number of rotatable bonds is 10. The summed E-state index contributed by atoms with van der Waals surface area (Å²) < 4.78 is 27.4. The first-order chi connectivity index (χ1) is 19.3. The van der Waals surface area contributed by atoms with Crippen LogP contribution in [0, 0.1) is 0 Å². The first-order valence-corrected chi connectivity index (χ1v) is 14.6. The summed E-state index contributed by atoms with van der Waals surface area (Å²) >= 11 is 0. The quantitative estimate of drug-likeness (QED) is 0.221. The molecule has 0 aliphatic rings. The van der Waals surface area contributed by atoms with Crippen molar-refractivity contribution in [2.75, 3.05) is 5.32 Å². The van der Waals surface area contributed by atoms with Crippen molar-refractivity contribution in [2.24, 2.45) is 0 Å². The number of anilines is 1. The van der Waals surface area contributed by atoms with Gasteiger partial charge in [-0.1, -0.05) is 91.9 Å². The van der Waals surface area contributed by atoms with Crippen molar-refractivity contribution < 1.29 is 18.0 Å². The summed E-state index contributed by atoms with van der Waals surface area (Å²) in [6.45, 7) is 3.52. The molecule has 0 aliphatic carbocycles. The van der Waals surface area contributed by atoms with Crippen LogP contribution in [0.3, 0.4) is 0 Å². The van der Waals surface area contributed by atoms with Gasteiger partial charge in [0.15, 0.2) is 0 Å². The Morgan fingerprint density at radius 2 is 1.25 bits per heavy atom. The number of hydrogen-bond acceptors (Lipinski definition) is 4. The van der Waals surface area contributed by atoms with Crippen LogP contribution in [0.15, 0.2) is 114 Å². The maximum absolute atomic E-state index is 12.6. The van der Waals surface area contributed by atoms with Crippen LogP contribution >= 0.6 is 0 Å². The minimum absolute atomic E-state index is 0.0220. The molecule has 0 atom stereocenters. The Morgan fingerprint density at radius 3 is 1.80 bits per heavy atom. The van der Waals surface area contributed by atoms with E-state index in [4.69, 9.17) is 0 Å². The summed E-state index contributed by atoms with van der Waals surface area (Å²) in [5.41, 5.74) is 7.19. The van der Waals surface area contributed by atoms with Crippen molar-refractivity contribution in [3.05, 3.63) is 131 Å². The third kappa shape index (κ3) is 7.33. The second-order valence-corrected chi connectivity index (χ2v) is 11.1. The fourth-order valence-corrected chi connectivity index (χ4v) is 5.58. The molecule has 4 aromatic carbocycles. The van der Waals surface area contributed by atoms with Crippen LogP contribution < -0.4 is 10.0 Å². The maximum atomic E-state index is 12.6. The van der Waals surface area contributed by atoms with Gasteiger partial charge in [-0.05, 0) is 70.5 Å². The number of benzene rings is 4. The first-order valence-electron chi connectivity index (χ1n) is 13.1. The Bertz CT molecular complexity index is 1600. The van der Waals surface area contributed by atoms with E-state index in [0.717, 1.165) is 28.7 Å². The average molecular weight is 553 g/mol. The summed E-state index contributed by atoms with van der Waals surface area (Å²) in [6.07, 6.45) is 1.28. The molecule has 204 valence electrons. The molecular formula is C33H32N2O4S. The lowest BCUT2D eigenvalue weighted by molar-refractivity contribution is -0.119. The molecule has 0 saturated carbocycles. The summed E-state index contributed by atoms with van der Waals surface area (Å²) in [4.78, 5) is 23.6. The monoisotopic (exact) mass is 552 g/mol. The summed E-state index contributed by atoms with van der Waals surface area (Å²) in [7, 11) is -4.01. The van der Waals surface area contributed by atoms with E-state index >= 15 is 0 Å². The fraction of sp³-hybridized carbons (Fsp3) is 0.152. The van der Waals surface area contributed by atoms with E-state index in [0.29, 0.717) is 12.1 Å². The molecule has 0 unspecified atom stereocenters. The van der Waals surface area contributed by atoms with E-state index in [1.54, 1.807) is 0 Å². The number of carbonyl (C=O) groups excluding carboxylic acids is 2. The number of sulfonamides is 1. The second kappa shape index (κ2) is 13.0. The van der Waals surface area contributed by atoms with Crippen LogP contribution in [-0.2, 0) is 26.0 Å². The van der Waals surface area contributed by atoms with Crippen molar-refractivity contribution in [1.82, 2.24) is 4.72 Å². The van der Waals surface area contributed by atoms with Gasteiger partial charge in [-0.15, -0.1) is 0 Å². The van der Waals surface area contributed by atoms with Crippen molar-refractivity contribution in [2.45, 2.75) is 38.0 Å². The number of allylic oxidation sites excluding steroid dienone is 1.